The van der Waals surface area contributed by atoms with Gasteiger partial charge in [0.1, 0.15) is 0 Å². The number of carbonyl (C=O) groups is 1. The number of halogens is 3. The molecule has 0 fully saturated rings. The highest BCUT2D eigenvalue weighted by Gasteiger charge is 2.33. The van der Waals surface area contributed by atoms with Crippen molar-refractivity contribution in [2.75, 3.05) is 5.43 Å². The second kappa shape index (κ2) is 5.92. The molecule has 2 aromatic carbocycles. The smallest absolute Gasteiger partial charge is 0.298 e. The largest absolute Gasteiger partial charge is 0.418 e. The molecule has 3 nitrogen and oxygen atoms in total. The predicted molar refractivity (Wildman–Crippen MR) is 84.4 cm³/mol. The first-order valence-corrected chi connectivity index (χ1v) is 7.48. The molecule has 1 heterocycles. The zero-order valence-corrected chi connectivity index (χ0v) is 12.5. The lowest BCUT2D eigenvalue weighted by Gasteiger charge is -2.14. The molecule has 0 spiro atoms. The molecule has 3 rings (SSSR count). The molecule has 3 aromatic rings. The van der Waals surface area contributed by atoms with Crippen molar-refractivity contribution in [2.24, 2.45) is 0 Å². The lowest BCUT2D eigenvalue weighted by Crippen LogP contribution is -2.29. The normalized spacial score (nSPS) is 11.4. The van der Waals surface area contributed by atoms with Crippen LogP contribution in [0.2, 0.25) is 0 Å². The van der Waals surface area contributed by atoms with Gasteiger partial charge in [-0.15, -0.1) is 11.3 Å². The number of hydrogen-bond donors (Lipinski definition) is 2. The molecule has 2 N–H and O–H groups in total. The van der Waals surface area contributed by atoms with E-state index in [2.05, 4.69) is 10.9 Å². The van der Waals surface area contributed by atoms with Crippen molar-refractivity contribution in [1.82, 2.24) is 5.43 Å². The van der Waals surface area contributed by atoms with Gasteiger partial charge in [0.25, 0.3) is 5.91 Å². The van der Waals surface area contributed by atoms with Crippen molar-refractivity contribution >= 4 is 33.0 Å². The quantitative estimate of drug-likeness (QED) is 0.682. The number of para-hydroxylation sites is 1. The van der Waals surface area contributed by atoms with Gasteiger partial charge in [0.2, 0.25) is 0 Å². The fraction of sp³-hybridized carbons (Fsp3) is 0.0625. The molecule has 1 aromatic heterocycles. The summed E-state index contributed by atoms with van der Waals surface area (Å²) in [4.78, 5) is 12.5. The number of benzene rings is 2. The van der Waals surface area contributed by atoms with Gasteiger partial charge in [-0.25, -0.2) is 0 Å². The summed E-state index contributed by atoms with van der Waals surface area (Å²) >= 11 is 1.28. The third kappa shape index (κ3) is 3.29. The Bertz CT molecular complexity index is 825. The maximum atomic E-state index is 12.9. The van der Waals surface area contributed by atoms with Gasteiger partial charge >= 0.3 is 6.18 Å². The number of anilines is 1. The van der Waals surface area contributed by atoms with E-state index >= 15 is 0 Å². The number of amides is 1. The summed E-state index contributed by atoms with van der Waals surface area (Å²) in [5, 5.41) is 0.915. The first kappa shape index (κ1) is 15.4. The summed E-state index contributed by atoms with van der Waals surface area (Å²) < 4.78 is 39.6. The molecular weight excluding hydrogens is 325 g/mol. The Morgan fingerprint density at radius 3 is 2.43 bits per heavy atom. The highest BCUT2D eigenvalue weighted by Crippen LogP contribution is 2.34. The number of nitrogens with one attached hydrogen (secondary N) is 2. The lowest BCUT2D eigenvalue weighted by molar-refractivity contribution is -0.137. The van der Waals surface area contributed by atoms with Crippen LogP contribution in [0, 0.1) is 0 Å². The summed E-state index contributed by atoms with van der Waals surface area (Å²) in [5.74, 6) is -0.483. The summed E-state index contributed by atoms with van der Waals surface area (Å²) in [6, 6.07) is 14.1. The molecule has 23 heavy (non-hydrogen) atoms. The SMILES string of the molecule is O=C(NNc1ccccc1C(F)(F)F)c1cc2ccccc2s1. The number of alkyl halides is 3. The summed E-state index contributed by atoms with van der Waals surface area (Å²) in [5.41, 5.74) is 3.62. The van der Waals surface area contributed by atoms with Crippen LogP contribution in [0.25, 0.3) is 10.1 Å². The first-order chi connectivity index (χ1) is 10.9. The Hall–Kier alpha value is -2.54. The molecule has 0 saturated heterocycles. The standard InChI is InChI=1S/C16H11F3N2OS/c17-16(18,19)11-6-2-3-7-12(11)20-21-15(22)14-9-10-5-1-4-8-13(10)23-14/h1-9,20H,(H,21,22). The Morgan fingerprint density at radius 2 is 1.70 bits per heavy atom. The molecule has 1 amide bonds. The topological polar surface area (TPSA) is 41.1 Å². The van der Waals surface area contributed by atoms with E-state index in [0.717, 1.165) is 16.2 Å². The van der Waals surface area contributed by atoms with Gasteiger partial charge in [0, 0.05) is 4.70 Å². The average Bonchev–Trinajstić information content (AvgIpc) is 2.96. The molecule has 0 radical (unpaired) electrons. The minimum Gasteiger partial charge on any atom is -0.298 e. The molecule has 0 aliphatic carbocycles. The summed E-state index contributed by atoms with van der Waals surface area (Å²) in [7, 11) is 0. The Kier molecular flexibility index (Phi) is 3.96. The van der Waals surface area contributed by atoms with Gasteiger partial charge < -0.3 is 0 Å². The Morgan fingerprint density at radius 1 is 1.00 bits per heavy atom. The summed E-state index contributed by atoms with van der Waals surface area (Å²) in [6.07, 6.45) is -4.49. The van der Waals surface area contributed by atoms with Gasteiger partial charge in [-0.1, -0.05) is 30.3 Å². The zero-order valence-electron chi connectivity index (χ0n) is 11.6. The van der Waals surface area contributed by atoms with E-state index < -0.39 is 17.6 Å². The monoisotopic (exact) mass is 336 g/mol. The third-order valence-electron chi connectivity index (χ3n) is 3.19. The number of fused-ring (bicyclic) bond motifs is 1. The van der Waals surface area contributed by atoms with Crippen molar-refractivity contribution in [3.05, 3.63) is 65.0 Å². The minimum atomic E-state index is -4.49. The molecule has 0 saturated carbocycles. The highest BCUT2D eigenvalue weighted by molar-refractivity contribution is 7.20. The highest BCUT2D eigenvalue weighted by atomic mass is 32.1. The maximum absolute atomic E-state index is 12.9. The van der Waals surface area contributed by atoms with Crippen LogP contribution in [0.4, 0.5) is 18.9 Å². The first-order valence-electron chi connectivity index (χ1n) is 6.66. The molecule has 0 atom stereocenters. The molecule has 0 bridgehead atoms. The molecule has 118 valence electrons. The predicted octanol–water partition coefficient (Wildman–Crippen LogP) is 4.68. The number of carbonyl (C=O) groups excluding carboxylic acids is 1. The van der Waals surface area contributed by atoms with E-state index in [1.54, 1.807) is 6.07 Å². The Balaban J connectivity index is 1.77. The van der Waals surface area contributed by atoms with E-state index in [1.807, 2.05) is 24.3 Å². The van der Waals surface area contributed by atoms with E-state index in [-0.39, 0.29) is 5.69 Å². The van der Waals surface area contributed by atoms with Gasteiger partial charge in [-0.05, 0) is 29.7 Å². The van der Waals surface area contributed by atoms with Crippen LogP contribution >= 0.6 is 11.3 Å². The van der Waals surface area contributed by atoms with Gasteiger partial charge in [-0.3, -0.25) is 15.6 Å². The van der Waals surface area contributed by atoms with Crippen LogP contribution < -0.4 is 10.9 Å². The fourth-order valence-corrected chi connectivity index (χ4v) is 3.08. The van der Waals surface area contributed by atoms with Crippen LogP contribution in [0.5, 0.6) is 0 Å². The van der Waals surface area contributed by atoms with Crippen LogP contribution in [0.1, 0.15) is 15.2 Å². The summed E-state index contributed by atoms with van der Waals surface area (Å²) in [6.45, 7) is 0. The number of thiophene rings is 1. The van der Waals surface area contributed by atoms with Crippen molar-refractivity contribution in [1.29, 1.82) is 0 Å². The van der Waals surface area contributed by atoms with Crippen LogP contribution in [0.15, 0.2) is 54.6 Å². The second-order valence-electron chi connectivity index (χ2n) is 4.77. The molecule has 7 heteroatoms. The van der Waals surface area contributed by atoms with Gasteiger partial charge in [-0.2, -0.15) is 13.2 Å². The molecule has 0 aliphatic rings. The van der Waals surface area contributed by atoms with Crippen molar-refractivity contribution in [2.45, 2.75) is 6.18 Å². The van der Waals surface area contributed by atoms with Crippen LogP contribution in [-0.4, -0.2) is 5.91 Å². The van der Waals surface area contributed by atoms with E-state index in [4.69, 9.17) is 0 Å². The van der Waals surface area contributed by atoms with Crippen molar-refractivity contribution in [3.8, 4) is 0 Å². The fourth-order valence-electron chi connectivity index (χ4n) is 2.12. The zero-order chi connectivity index (χ0) is 16.4. The second-order valence-corrected chi connectivity index (χ2v) is 5.85. The Labute approximate surface area is 133 Å². The maximum Gasteiger partial charge on any atom is 0.418 e. The van der Waals surface area contributed by atoms with Crippen LogP contribution in [0.3, 0.4) is 0 Å². The van der Waals surface area contributed by atoms with E-state index in [1.165, 1.54) is 29.5 Å². The van der Waals surface area contributed by atoms with Gasteiger partial charge in [0.15, 0.2) is 0 Å². The molecular formula is C16H11F3N2OS. The average molecular weight is 336 g/mol. The molecule has 0 unspecified atom stereocenters. The minimum absolute atomic E-state index is 0.200. The number of hydrazine groups is 1. The third-order valence-corrected chi connectivity index (χ3v) is 4.31. The van der Waals surface area contributed by atoms with Crippen molar-refractivity contribution < 1.29 is 18.0 Å². The number of rotatable bonds is 3. The van der Waals surface area contributed by atoms with E-state index in [0.29, 0.717) is 4.88 Å². The van der Waals surface area contributed by atoms with Crippen LogP contribution in [-0.2, 0) is 6.18 Å². The van der Waals surface area contributed by atoms with Crippen molar-refractivity contribution in [3.63, 3.8) is 0 Å². The van der Waals surface area contributed by atoms with E-state index in [9.17, 15) is 18.0 Å². The lowest BCUT2D eigenvalue weighted by atomic mass is 10.2. The van der Waals surface area contributed by atoms with Gasteiger partial charge in [0.05, 0.1) is 16.1 Å². The molecule has 0 aliphatic heterocycles. The number of hydrogen-bond acceptors (Lipinski definition) is 3.